The number of ether oxygens (including phenoxy) is 1. The molecule has 0 bridgehead atoms. The van der Waals surface area contributed by atoms with Crippen molar-refractivity contribution in [1.29, 1.82) is 0 Å². The zero-order chi connectivity index (χ0) is 14.6. The maximum Gasteiger partial charge on any atom is 0.137 e. The standard InChI is InChI=1S/C15H25ClN2O/c1-6-18(7-2)15(3,4)14(17)11-8-9-12(16)13(10-11)19-5/h8-10,14H,6-7,17H2,1-5H3. The van der Waals surface area contributed by atoms with Crippen molar-refractivity contribution in [1.82, 2.24) is 4.90 Å². The Kier molecular flexibility index (Phi) is 5.65. The van der Waals surface area contributed by atoms with E-state index < -0.39 is 0 Å². The van der Waals surface area contributed by atoms with Crippen molar-refractivity contribution in [2.24, 2.45) is 5.73 Å². The summed E-state index contributed by atoms with van der Waals surface area (Å²) in [5, 5.41) is 0.610. The molecule has 0 spiro atoms. The van der Waals surface area contributed by atoms with Gasteiger partial charge < -0.3 is 10.5 Å². The Balaban J connectivity index is 3.08. The third-order valence-corrected chi connectivity index (χ3v) is 4.19. The van der Waals surface area contributed by atoms with E-state index in [4.69, 9.17) is 22.1 Å². The smallest absolute Gasteiger partial charge is 0.137 e. The molecule has 2 N–H and O–H groups in total. The van der Waals surface area contributed by atoms with Crippen LogP contribution in [-0.4, -0.2) is 30.6 Å². The maximum atomic E-state index is 6.46. The molecule has 108 valence electrons. The lowest BCUT2D eigenvalue weighted by atomic mass is 9.87. The third kappa shape index (κ3) is 3.41. The van der Waals surface area contributed by atoms with Gasteiger partial charge in [-0.3, -0.25) is 4.90 Å². The number of rotatable bonds is 6. The summed E-state index contributed by atoms with van der Waals surface area (Å²) in [4.78, 5) is 2.36. The molecule has 0 radical (unpaired) electrons. The van der Waals surface area contributed by atoms with Gasteiger partial charge in [0, 0.05) is 11.6 Å². The summed E-state index contributed by atoms with van der Waals surface area (Å²) in [7, 11) is 1.62. The number of benzene rings is 1. The molecule has 1 unspecified atom stereocenters. The largest absolute Gasteiger partial charge is 0.495 e. The average Bonchev–Trinajstić information content (AvgIpc) is 2.39. The molecule has 0 aliphatic rings. The van der Waals surface area contributed by atoms with Crippen molar-refractivity contribution in [3.8, 4) is 5.75 Å². The van der Waals surface area contributed by atoms with Crippen LogP contribution < -0.4 is 10.5 Å². The second-order valence-electron chi connectivity index (χ2n) is 5.20. The van der Waals surface area contributed by atoms with Gasteiger partial charge in [-0.1, -0.05) is 31.5 Å². The van der Waals surface area contributed by atoms with Crippen LogP contribution in [0.2, 0.25) is 5.02 Å². The molecule has 0 saturated carbocycles. The van der Waals surface area contributed by atoms with Gasteiger partial charge in [-0.25, -0.2) is 0 Å². The monoisotopic (exact) mass is 284 g/mol. The highest BCUT2D eigenvalue weighted by Gasteiger charge is 2.32. The third-order valence-electron chi connectivity index (χ3n) is 3.87. The normalized spacial score (nSPS) is 13.7. The Morgan fingerprint density at radius 2 is 1.89 bits per heavy atom. The number of halogens is 1. The number of likely N-dealkylation sites (N-methyl/N-ethyl adjacent to an activating group) is 1. The van der Waals surface area contributed by atoms with Gasteiger partial charge in [-0.05, 0) is 44.6 Å². The fourth-order valence-electron chi connectivity index (χ4n) is 2.51. The van der Waals surface area contributed by atoms with Crippen LogP contribution >= 0.6 is 11.6 Å². The van der Waals surface area contributed by atoms with Gasteiger partial charge in [-0.15, -0.1) is 0 Å². The number of methoxy groups -OCH3 is 1. The quantitative estimate of drug-likeness (QED) is 0.869. The second kappa shape index (κ2) is 6.60. The van der Waals surface area contributed by atoms with Crippen LogP contribution in [0.3, 0.4) is 0 Å². The molecule has 1 rings (SSSR count). The predicted octanol–water partition coefficient (Wildman–Crippen LogP) is 3.47. The average molecular weight is 285 g/mol. The van der Waals surface area contributed by atoms with E-state index in [1.165, 1.54) is 0 Å². The van der Waals surface area contributed by atoms with E-state index in [0.29, 0.717) is 10.8 Å². The summed E-state index contributed by atoms with van der Waals surface area (Å²) in [5.74, 6) is 0.671. The van der Waals surface area contributed by atoms with E-state index in [0.717, 1.165) is 18.7 Å². The van der Waals surface area contributed by atoms with Crippen molar-refractivity contribution < 1.29 is 4.74 Å². The van der Waals surface area contributed by atoms with Gasteiger partial charge in [0.2, 0.25) is 0 Å². The van der Waals surface area contributed by atoms with E-state index in [1.54, 1.807) is 7.11 Å². The van der Waals surface area contributed by atoms with Gasteiger partial charge in [0.15, 0.2) is 0 Å². The molecule has 1 aromatic carbocycles. The Hall–Kier alpha value is -0.770. The summed E-state index contributed by atoms with van der Waals surface area (Å²) in [6.45, 7) is 10.6. The molecule has 0 aliphatic carbocycles. The molecule has 1 aromatic rings. The van der Waals surface area contributed by atoms with Gasteiger partial charge in [0.1, 0.15) is 5.75 Å². The SMILES string of the molecule is CCN(CC)C(C)(C)C(N)c1ccc(Cl)c(OC)c1. The van der Waals surface area contributed by atoms with E-state index >= 15 is 0 Å². The number of hydrogen-bond acceptors (Lipinski definition) is 3. The van der Waals surface area contributed by atoms with Crippen molar-refractivity contribution in [3.05, 3.63) is 28.8 Å². The van der Waals surface area contributed by atoms with Gasteiger partial charge in [-0.2, -0.15) is 0 Å². The Morgan fingerprint density at radius 3 is 2.37 bits per heavy atom. The van der Waals surface area contributed by atoms with E-state index in [2.05, 4.69) is 32.6 Å². The van der Waals surface area contributed by atoms with E-state index in [9.17, 15) is 0 Å². The van der Waals surface area contributed by atoms with Crippen LogP contribution in [0.5, 0.6) is 5.75 Å². The number of nitrogens with two attached hydrogens (primary N) is 1. The lowest BCUT2D eigenvalue weighted by Crippen LogP contribution is -2.51. The molecule has 0 saturated heterocycles. The molecule has 3 nitrogen and oxygen atoms in total. The lowest BCUT2D eigenvalue weighted by molar-refractivity contribution is 0.107. The first-order valence-electron chi connectivity index (χ1n) is 6.72. The highest BCUT2D eigenvalue weighted by Crippen LogP contribution is 2.33. The molecule has 1 atom stereocenters. The summed E-state index contributed by atoms with van der Waals surface area (Å²) in [5.41, 5.74) is 7.38. The van der Waals surface area contributed by atoms with E-state index in [-0.39, 0.29) is 11.6 Å². The summed E-state index contributed by atoms with van der Waals surface area (Å²) >= 11 is 6.06. The van der Waals surface area contributed by atoms with Crippen LogP contribution in [0.25, 0.3) is 0 Å². The minimum absolute atomic E-state index is 0.0985. The summed E-state index contributed by atoms with van der Waals surface area (Å²) in [6.07, 6.45) is 0. The van der Waals surface area contributed by atoms with Crippen LogP contribution in [0, 0.1) is 0 Å². The van der Waals surface area contributed by atoms with Crippen molar-refractivity contribution in [3.63, 3.8) is 0 Å². The van der Waals surface area contributed by atoms with Crippen molar-refractivity contribution >= 4 is 11.6 Å². The molecular weight excluding hydrogens is 260 g/mol. The Labute approximate surface area is 121 Å². The Bertz CT molecular complexity index is 417. The molecule has 19 heavy (non-hydrogen) atoms. The van der Waals surface area contributed by atoms with Crippen LogP contribution in [-0.2, 0) is 0 Å². The second-order valence-corrected chi connectivity index (χ2v) is 5.60. The highest BCUT2D eigenvalue weighted by molar-refractivity contribution is 6.32. The molecule has 4 heteroatoms. The maximum absolute atomic E-state index is 6.46. The molecule has 0 amide bonds. The minimum atomic E-state index is -0.123. The zero-order valence-electron chi connectivity index (χ0n) is 12.5. The van der Waals surface area contributed by atoms with Crippen LogP contribution in [0.1, 0.15) is 39.3 Å². The molecule has 0 fully saturated rings. The van der Waals surface area contributed by atoms with Crippen molar-refractivity contribution in [2.75, 3.05) is 20.2 Å². The highest BCUT2D eigenvalue weighted by atomic mass is 35.5. The van der Waals surface area contributed by atoms with E-state index in [1.807, 2.05) is 18.2 Å². The van der Waals surface area contributed by atoms with Crippen LogP contribution in [0.15, 0.2) is 18.2 Å². The van der Waals surface area contributed by atoms with Gasteiger partial charge in [0.25, 0.3) is 0 Å². The topological polar surface area (TPSA) is 38.5 Å². The minimum Gasteiger partial charge on any atom is -0.495 e. The van der Waals surface area contributed by atoms with Crippen LogP contribution in [0.4, 0.5) is 0 Å². The fourth-order valence-corrected chi connectivity index (χ4v) is 2.71. The Morgan fingerprint density at radius 1 is 1.32 bits per heavy atom. The zero-order valence-corrected chi connectivity index (χ0v) is 13.3. The first kappa shape index (κ1) is 16.3. The fraction of sp³-hybridized carbons (Fsp3) is 0.600. The van der Waals surface area contributed by atoms with Crippen molar-refractivity contribution in [2.45, 2.75) is 39.3 Å². The molecule has 0 aromatic heterocycles. The molecule has 0 aliphatic heterocycles. The van der Waals surface area contributed by atoms with Gasteiger partial charge >= 0.3 is 0 Å². The molecule has 0 heterocycles. The summed E-state index contributed by atoms with van der Waals surface area (Å²) in [6, 6.07) is 5.64. The van der Waals surface area contributed by atoms with Gasteiger partial charge in [0.05, 0.1) is 12.1 Å². The number of nitrogens with zero attached hydrogens (tertiary/aromatic N) is 1. The predicted molar refractivity (Wildman–Crippen MR) is 81.9 cm³/mol. The summed E-state index contributed by atoms with van der Waals surface area (Å²) < 4.78 is 5.26. The lowest BCUT2D eigenvalue weighted by Gasteiger charge is -2.42. The number of hydrogen-bond donors (Lipinski definition) is 1. The first-order valence-corrected chi connectivity index (χ1v) is 7.10. The molecular formula is C15H25ClN2O. The first-order chi connectivity index (χ1) is 8.88.